The van der Waals surface area contributed by atoms with Crippen LogP contribution < -0.4 is 5.32 Å². The van der Waals surface area contributed by atoms with Crippen molar-refractivity contribution in [2.24, 2.45) is 11.3 Å². The van der Waals surface area contributed by atoms with Crippen LogP contribution in [0.4, 0.5) is 13.2 Å². The number of alkyl halides is 3. The van der Waals surface area contributed by atoms with E-state index in [9.17, 15) is 18.0 Å². The van der Waals surface area contributed by atoms with Crippen LogP contribution >= 0.6 is 0 Å². The second kappa shape index (κ2) is 6.41. The van der Waals surface area contributed by atoms with E-state index in [1.54, 1.807) is 13.8 Å². The van der Waals surface area contributed by atoms with Gasteiger partial charge in [-0.15, -0.1) is 6.58 Å². The summed E-state index contributed by atoms with van der Waals surface area (Å²) in [6.07, 6.45) is -3.26. The molecule has 0 aromatic rings. The van der Waals surface area contributed by atoms with Gasteiger partial charge in [0.15, 0.2) is 0 Å². The zero-order chi connectivity index (χ0) is 15.4. The van der Waals surface area contributed by atoms with Crippen molar-refractivity contribution in [1.82, 2.24) is 5.32 Å². The van der Waals surface area contributed by atoms with Crippen molar-refractivity contribution in [2.75, 3.05) is 7.11 Å². The molecule has 0 unspecified atom stereocenters. The van der Waals surface area contributed by atoms with Gasteiger partial charge in [-0.05, 0) is 5.92 Å². The molecule has 1 N–H and O–H groups in total. The highest BCUT2D eigenvalue weighted by atomic mass is 19.4. The topological polar surface area (TPSA) is 38.3 Å². The van der Waals surface area contributed by atoms with Crippen LogP contribution in [0.3, 0.4) is 0 Å². The quantitative estimate of drug-likeness (QED) is 0.601. The molecule has 0 bridgehead atoms. The Morgan fingerprint density at radius 1 is 1.32 bits per heavy atom. The first kappa shape index (κ1) is 18.0. The predicted octanol–water partition coefficient (Wildman–Crippen LogP) is 2.92. The maximum atomic E-state index is 13.1. The summed E-state index contributed by atoms with van der Waals surface area (Å²) in [7, 11) is 1.15. The number of hydrogen-bond acceptors (Lipinski definition) is 3. The summed E-state index contributed by atoms with van der Waals surface area (Å²) < 4.78 is 43.9. The van der Waals surface area contributed by atoms with Gasteiger partial charge >= 0.3 is 12.1 Å². The van der Waals surface area contributed by atoms with Gasteiger partial charge in [0, 0.05) is 5.41 Å². The van der Waals surface area contributed by atoms with Crippen molar-refractivity contribution in [3.05, 3.63) is 12.7 Å². The highest BCUT2D eigenvalue weighted by molar-refractivity contribution is 5.76. The summed E-state index contributed by atoms with van der Waals surface area (Å²) in [6, 6.07) is -2.89. The Balaban J connectivity index is 5.31. The third-order valence-corrected chi connectivity index (χ3v) is 3.07. The Kier molecular flexibility index (Phi) is 6.06. The molecule has 0 amide bonds. The second-order valence-electron chi connectivity index (χ2n) is 5.41. The van der Waals surface area contributed by atoms with E-state index in [0.717, 1.165) is 7.11 Å². The van der Waals surface area contributed by atoms with Crippen molar-refractivity contribution in [3.8, 4) is 0 Å². The third kappa shape index (κ3) is 4.86. The van der Waals surface area contributed by atoms with E-state index in [2.05, 4.69) is 16.6 Å². The maximum Gasteiger partial charge on any atom is 0.404 e. The number of nitrogens with one attached hydrogen (secondary N) is 1. The highest BCUT2D eigenvalue weighted by Crippen LogP contribution is 2.35. The Morgan fingerprint density at radius 2 is 1.79 bits per heavy atom. The molecule has 0 saturated heterocycles. The molecule has 0 saturated carbocycles. The molecule has 0 fully saturated rings. The molecule has 3 nitrogen and oxygen atoms in total. The van der Waals surface area contributed by atoms with Crippen LogP contribution in [0.25, 0.3) is 0 Å². The van der Waals surface area contributed by atoms with Crippen molar-refractivity contribution in [2.45, 2.75) is 46.0 Å². The fourth-order valence-corrected chi connectivity index (χ4v) is 1.69. The number of hydrogen-bond donors (Lipinski definition) is 1. The summed E-state index contributed by atoms with van der Waals surface area (Å²) >= 11 is 0. The Morgan fingerprint density at radius 3 is 2.05 bits per heavy atom. The first-order valence-corrected chi connectivity index (χ1v) is 6.01. The third-order valence-electron chi connectivity index (χ3n) is 3.07. The number of ether oxygens (including phenoxy) is 1. The van der Waals surface area contributed by atoms with Crippen molar-refractivity contribution >= 4 is 5.97 Å². The molecule has 0 aliphatic rings. The average molecular weight is 281 g/mol. The van der Waals surface area contributed by atoms with E-state index in [-0.39, 0.29) is 5.92 Å². The van der Waals surface area contributed by atoms with Gasteiger partial charge < -0.3 is 4.74 Å². The number of carbonyl (C=O) groups excluding carboxylic acids is 1. The smallest absolute Gasteiger partial charge is 0.404 e. The van der Waals surface area contributed by atoms with Gasteiger partial charge in [0.1, 0.15) is 12.1 Å². The summed E-state index contributed by atoms with van der Waals surface area (Å²) in [5.74, 6) is -1.03. The highest BCUT2D eigenvalue weighted by Gasteiger charge is 2.49. The monoisotopic (exact) mass is 281 g/mol. The molecule has 2 atom stereocenters. The molecule has 0 aliphatic heterocycles. The molecule has 19 heavy (non-hydrogen) atoms. The molecule has 0 aromatic heterocycles. The zero-order valence-corrected chi connectivity index (χ0v) is 12.0. The van der Waals surface area contributed by atoms with E-state index in [1.807, 2.05) is 0 Å². The number of rotatable bonds is 6. The fraction of sp³-hybridized carbons (Fsp3) is 0.769. The van der Waals surface area contributed by atoms with Crippen LogP contribution in [0, 0.1) is 11.3 Å². The standard InChI is InChI=1S/C13H22F3NO2/c1-7-12(4,5)11(13(14,15)16)17-9(8(2)3)10(18)19-6/h7-9,11,17H,1H2,2-6H3/t9-,11-/m0/s1. The van der Waals surface area contributed by atoms with Gasteiger partial charge in [0.25, 0.3) is 0 Å². The minimum Gasteiger partial charge on any atom is -0.468 e. The molecule has 0 heterocycles. The van der Waals surface area contributed by atoms with Crippen molar-refractivity contribution < 1.29 is 22.7 Å². The van der Waals surface area contributed by atoms with Crippen molar-refractivity contribution in [3.63, 3.8) is 0 Å². The van der Waals surface area contributed by atoms with Crippen molar-refractivity contribution in [1.29, 1.82) is 0 Å². The van der Waals surface area contributed by atoms with Crippen LogP contribution in [0.15, 0.2) is 12.7 Å². The first-order valence-electron chi connectivity index (χ1n) is 6.01. The predicted molar refractivity (Wildman–Crippen MR) is 67.6 cm³/mol. The summed E-state index contributed by atoms with van der Waals surface area (Å²) in [5, 5.41) is 2.36. The van der Waals surface area contributed by atoms with Gasteiger partial charge in [0.05, 0.1) is 7.11 Å². The molecule has 0 radical (unpaired) electrons. The largest absolute Gasteiger partial charge is 0.468 e. The van der Waals surface area contributed by atoms with Crippen LogP contribution in [-0.4, -0.2) is 31.3 Å². The zero-order valence-electron chi connectivity index (χ0n) is 12.0. The fourth-order valence-electron chi connectivity index (χ4n) is 1.69. The van der Waals surface area contributed by atoms with Gasteiger partial charge in [-0.1, -0.05) is 33.8 Å². The van der Waals surface area contributed by atoms with E-state index in [0.29, 0.717) is 0 Å². The molecule has 6 heteroatoms. The Bertz CT molecular complexity index is 324. The average Bonchev–Trinajstić information content (AvgIpc) is 2.26. The lowest BCUT2D eigenvalue weighted by atomic mass is 9.83. The lowest BCUT2D eigenvalue weighted by Crippen LogP contribution is -2.58. The number of esters is 1. The van der Waals surface area contributed by atoms with Gasteiger partial charge in [0.2, 0.25) is 0 Å². The van der Waals surface area contributed by atoms with E-state index < -0.39 is 29.6 Å². The minimum atomic E-state index is -4.49. The number of carbonyl (C=O) groups is 1. The Hall–Kier alpha value is -1.04. The lowest BCUT2D eigenvalue weighted by Gasteiger charge is -2.36. The van der Waals surface area contributed by atoms with Crippen LogP contribution in [0.1, 0.15) is 27.7 Å². The molecule has 0 spiro atoms. The van der Waals surface area contributed by atoms with E-state index in [4.69, 9.17) is 0 Å². The van der Waals surface area contributed by atoms with Gasteiger partial charge in [-0.25, -0.2) is 0 Å². The molecule has 112 valence electrons. The lowest BCUT2D eigenvalue weighted by molar-refractivity contribution is -0.179. The van der Waals surface area contributed by atoms with Gasteiger partial charge in [-0.2, -0.15) is 13.2 Å². The molecule has 0 aromatic carbocycles. The summed E-state index contributed by atoms with van der Waals surface area (Å²) in [4.78, 5) is 11.6. The molecular formula is C13H22F3NO2. The summed E-state index contributed by atoms with van der Waals surface area (Å²) in [6.45, 7) is 9.57. The van der Waals surface area contributed by atoms with E-state index >= 15 is 0 Å². The second-order valence-corrected chi connectivity index (χ2v) is 5.41. The Labute approximate surface area is 112 Å². The molecular weight excluding hydrogens is 259 g/mol. The SMILES string of the molecule is C=CC(C)(C)[C@H](N[C@H](C(=O)OC)C(C)C)C(F)(F)F. The van der Waals surface area contributed by atoms with Crippen LogP contribution in [0.5, 0.6) is 0 Å². The number of halogens is 3. The molecule has 0 rings (SSSR count). The summed E-state index contributed by atoms with van der Waals surface area (Å²) in [5.41, 5.74) is -1.24. The van der Waals surface area contributed by atoms with Crippen LogP contribution in [-0.2, 0) is 9.53 Å². The minimum absolute atomic E-state index is 0.321. The maximum absolute atomic E-state index is 13.1. The molecule has 0 aliphatic carbocycles. The number of methoxy groups -OCH3 is 1. The first-order chi connectivity index (χ1) is 8.47. The van der Waals surface area contributed by atoms with Gasteiger partial charge in [-0.3, -0.25) is 10.1 Å². The van der Waals surface area contributed by atoms with Crippen LogP contribution in [0.2, 0.25) is 0 Å². The normalized spacial score (nSPS) is 16.1. The van der Waals surface area contributed by atoms with E-state index in [1.165, 1.54) is 19.9 Å².